The van der Waals surface area contributed by atoms with E-state index in [4.69, 9.17) is 11.6 Å². The van der Waals surface area contributed by atoms with Gasteiger partial charge in [-0.15, -0.1) is 0 Å². The highest BCUT2D eigenvalue weighted by atomic mass is 35.5. The van der Waals surface area contributed by atoms with E-state index >= 15 is 0 Å². The van der Waals surface area contributed by atoms with Crippen molar-refractivity contribution < 1.29 is 0 Å². The molecule has 80 valence electrons. The van der Waals surface area contributed by atoms with E-state index in [0.717, 1.165) is 17.1 Å². The highest BCUT2D eigenvalue weighted by Crippen LogP contribution is 2.27. The highest BCUT2D eigenvalue weighted by Gasteiger charge is 2.13. The van der Waals surface area contributed by atoms with Crippen molar-refractivity contribution in [3.05, 3.63) is 29.4 Å². The molecule has 0 saturated heterocycles. The van der Waals surface area contributed by atoms with Crippen LogP contribution in [0.2, 0.25) is 5.15 Å². The van der Waals surface area contributed by atoms with Crippen LogP contribution in [0.3, 0.4) is 0 Å². The monoisotopic (exact) mass is 224 g/mol. The largest absolute Gasteiger partial charge is 0.367 e. The van der Waals surface area contributed by atoms with E-state index in [-0.39, 0.29) is 0 Å². The highest BCUT2D eigenvalue weighted by molar-refractivity contribution is 6.32. The fourth-order valence-electron chi connectivity index (χ4n) is 1.49. The molecule has 0 aliphatic carbocycles. The minimum atomic E-state index is 0.667. The lowest BCUT2D eigenvalue weighted by atomic mass is 10.3. The average Bonchev–Trinajstić information content (AvgIpc) is 2.82. The van der Waals surface area contributed by atoms with Crippen LogP contribution >= 0.6 is 11.6 Å². The van der Waals surface area contributed by atoms with Crippen molar-refractivity contribution in [1.82, 2.24) is 19.9 Å². The van der Waals surface area contributed by atoms with Gasteiger partial charge in [0.2, 0.25) is 0 Å². The summed E-state index contributed by atoms with van der Waals surface area (Å²) in [5.41, 5.74) is 1.84. The smallest absolute Gasteiger partial charge is 0.136 e. The van der Waals surface area contributed by atoms with Crippen molar-refractivity contribution in [3.63, 3.8) is 0 Å². The molecule has 2 rings (SSSR count). The third-order valence-corrected chi connectivity index (χ3v) is 2.76. The number of aromatic amines is 1. The molecule has 0 radical (unpaired) electrons. The first-order valence-corrected chi connectivity index (χ1v) is 5.10. The second-order valence-corrected chi connectivity index (χ2v) is 3.71. The first-order valence-electron chi connectivity index (χ1n) is 4.73. The molecule has 2 aromatic rings. The van der Waals surface area contributed by atoms with Crippen LogP contribution in [0.1, 0.15) is 5.82 Å². The molecule has 0 saturated carbocycles. The first kappa shape index (κ1) is 10.3. The van der Waals surface area contributed by atoms with Crippen LogP contribution in [0, 0.1) is 0 Å². The van der Waals surface area contributed by atoms with E-state index in [2.05, 4.69) is 15.3 Å². The number of nitrogens with one attached hydrogen (secondary N) is 2. The summed E-state index contributed by atoms with van der Waals surface area (Å²) >= 11 is 6.20. The molecule has 2 N–H and O–H groups in total. The Kier molecular flexibility index (Phi) is 2.79. The van der Waals surface area contributed by atoms with E-state index in [0.29, 0.717) is 11.7 Å². The van der Waals surface area contributed by atoms with Gasteiger partial charge in [0.15, 0.2) is 0 Å². The molecule has 5 heteroatoms. The molecule has 15 heavy (non-hydrogen) atoms. The third-order valence-electron chi connectivity index (χ3n) is 2.32. The fourth-order valence-corrected chi connectivity index (χ4v) is 1.74. The second-order valence-electron chi connectivity index (χ2n) is 3.36. The van der Waals surface area contributed by atoms with Crippen LogP contribution < -0.4 is 5.32 Å². The van der Waals surface area contributed by atoms with E-state index in [9.17, 15) is 0 Å². The average molecular weight is 225 g/mol. The van der Waals surface area contributed by atoms with E-state index in [1.165, 1.54) is 0 Å². The summed E-state index contributed by atoms with van der Waals surface area (Å²) in [6.07, 6.45) is 3.75. The van der Waals surface area contributed by atoms with Gasteiger partial charge in [-0.1, -0.05) is 11.6 Å². The summed E-state index contributed by atoms with van der Waals surface area (Å²) in [6.45, 7) is 0.709. The molecular formula is C10H13ClN4. The maximum Gasteiger partial charge on any atom is 0.136 e. The fraction of sp³-hybridized carbons (Fsp3) is 0.300. The maximum atomic E-state index is 6.20. The molecule has 0 amide bonds. The summed E-state index contributed by atoms with van der Waals surface area (Å²) < 4.78 is 1.89. The zero-order chi connectivity index (χ0) is 10.8. The topological polar surface area (TPSA) is 45.6 Å². The van der Waals surface area contributed by atoms with Crippen LogP contribution in [0.4, 0.5) is 0 Å². The molecule has 2 heterocycles. The zero-order valence-electron chi connectivity index (χ0n) is 8.71. The number of imidazole rings is 1. The predicted octanol–water partition coefficient (Wildman–Crippen LogP) is 1.79. The molecular weight excluding hydrogens is 212 g/mol. The number of hydrogen-bond donors (Lipinski definition) is 2. The zero-order valence-corrected chi connectivity index (χ0v) is 9.47. The number of H-pyrrole nitrogens is 1. The van der Waals surface area contributed by atoms with Crippen molar-refractivity contribution in [3.8, 4) is 11.3 Å². The molecule has 0 unspecified atom stereocenters. The maximum absolute atomic E-state index is 6.20. The summed E-state index contributed by atoms with van der Waals surface area (Å²) in [5.74, 6) is 0.929. The standard InChI is InChI=1S/C10H13ClN4/c1-12-6-8-14-9(10(11)15(8)2)7-3-4-13-5-7/h3-5,12-13H,6H2,1-2H3. The van der Waals surface area contributed by atoms with Crippen molar-refractivity contribution in [1.29, 1.82) is 0 Å². The Morgan fingerprint density at radius 2 is 2.40 bits per heavy atom. The Labute approximate surface area is 93.3 Å². The van der Waals surface area contributed by atoms with Gasteiger partial charge in [-0.3, -0.25) is 0 Å². The Bertz CT molecular complexity index is 444. The van der Waals surface area contributed by atoms with Crippen LogP contribution in [0.25, 0.3) is 11.3 Å². The molecule has 4 nitrogen and oxygen atoms in total. The van der Waals surface area contributed by atoms with Gasteiger partial charge in [0, 0.05) is 25.0 Å². The van der Waals surface area contributed by atoms with Gasteiger partial charge < -0.3 is 14.9 Å². The number of rotatable bonds is 3. The number of nitrogens with zero attached hydrogens (tertiary/aromatic N) is 2. The van der Waals surface area contributed by atoms with Crippen LogP contribution in [-0.4, -0.2) is 21.6 Å². The van der Waals surface area contributed by atoms with Gasteiger partial charge in [-0.2, -0.15) is 0 Å². The van der Waals surface area contributed by atoms with Crippen LogP contribution in [0.5, 0.6) is 0 Å². The van der Waals surface area contributed by atoms with Gasteiger partial charge in [0.1, 0.15) is 16.7 Å². The summed E-state index contributed by atoms with van der Waals surface area (Å²) in [4.78, 5) is 7.48. The quantitative estimate of drug-likeness (QED) is 0.835. The molecule has 0 fully saturated rings. The third kappa shape index (κ3) is 1.78. The van der Waals surface area contributed by atoms with Crippen LogP contribution in [0.15, 0.2) is 18.5 Å². The Morgan fingerprint density at radius 3 is 3.00 bits per heavy atom. The van der Waals surface area contributed by atoms with Crippen molar-refractivity contribution in [2.75, 3.05) is 7.05 Å². The normalized spacial score (nSPS) is 10.9. The summed E-state index contributed by atoms with van der Waals surface area (Å²) in [7, 11) is 3.80. The van der Waals surface area contributed by atoms with E-state index in [1.54, 1.807) is 0 Å². The lowest BCUT2D eigenvalue weighted by molar-refractivity contribution is 0.710. The SMILES string of the molecule is CNCc1nc(-c2cc[nH]c2)c(Cl)n1C. The van der Waals surface area contributed by atoms with Crippen molar-refractivity contribution in [2.24, 2.45) is 7.05 Å². The minimum absolute atomic E-state index is 0.667. The van der Waals surface area contributed by atoms with Crippen molar-refractivity contribution >= 4 is 11.6 Å². The van der Waals surface area contributed by atoms with E-state index in [1.807, 2.05) is 37.1 Å². The minimum Gasteiger partial charge on any atom is -0.367 e. The molecule has 0 aromatic carbocycles. The molecule has 0 bridgehead atoms. The first-order chi connectivity index (χ1) is 7.24. The van der Waals surface area contributed by atoms with Gasteiger partial charge in [-0.05, 0) is 13.1 Å². The summed E-state index contributed by atoms with van der Waals surface area (Å²) in [6, 6.07) is 1.96. The molecule has 2 aromatic heterocycles. The molecule has 0 spiro atoms. The van der Waals surface area contributed by atoms with Crippen LogP contribution in [-0.2, 0) is 13.6 Å². The molecule has 0 aliphatic heterocycles. The number of hydrogen-bond acceptors (Lipinski definition) is 2. The molecule has 0 aliphatic rings. The lowest BCUT2D eigenvalue weighted by Gasteiger charge is -1.99. The number of halogens is 1. The van der Waals surface area contributed by atoms with Gasteiger partial charge in [-0.25, -0.2) is 4.98 Å². The lowest BCUT2D eigenvalue weighted by Crippen LogP contribution is -2.10. The van der Waals surface area contributed by atoms with Gasteiger partial charge in [0.05, 0.1) is 6.54 Å². The molecule has 0 atom stereocenters. The van der Waals surface area contributed by atoms with Gasteiger partial charge in [0.25, 0.3) is 0 Å². The predicted molar refractivity (Wildman–Crippen MR) is 60.8 cm³/mol. The number of aromatic nitrogens is 3. The van der Waals surface area contributed by atoms with E-state index < -0.39 is 0 Å². The van der Waals surface area contributed by atoms with Gasteiger partial charge >= 0.3 is 0 Å². The summed E-state index contributed by atoms with van der Waals surface area (Å²) in [5, 5.41) is 3.73. The Hall–Kier alpha value is -1.26. The second kappa shape index (κ2) is 4.08. The Morgan fingerprint density at radius 1 is 1.60 bits per heavy atom. The van der Waals surface area contributed by atoms with Crippen molar-refractivity contribution in [2.45, 2.75) is 6.54 Å². The Balaban J connectivity index is 2.45.